The van der Waals surface area contributed by atoms with E-state index in [1.165, 1.54) is 0 Å². The van der Waals surface area contributed by atoms with E-state index < -0.39 is 0 Å². The maximum atomic E-state index is 5.69. The Labute approximate surface area is 104 Å². The molecule has 0 fully saturated rings. The topological polar surface area (TPSA) is 66.0 Å². The number of nitrogens with zero attached hydrogens (tertiary/aromatic N) is 3. The minimum absolute atomic E-state index is 0.208. The summed E-state index contributed by atoms with van der Waals surface area (Å²) in [4.78, 5) is 4.30. The summed E-state index contributed by atoms with van der Waals surface area (Å²) in [6, 6.07) is 5.36. The number of aryl methyl sites for hydroxylation is 2. The van der Waals surface area contributed by atoms with E-state index in [1.807, 2.05) is 13.0 Å². The SMILES string of the molecule is Cc1cc(Oc2cccnc2C(N)=S)n(C)n1. The molecule has 2 aromatic heterocycles. The highest BCUT2D eigenvalue weighted by Crippen LogP contribution is 2.23. The molecule has 0 aliphatic rings. The monoisotopic (exact) mass is 248 g/mol. The zero-order valence-electron chi connectivity index (χ0n) is 9.54. The van der Waals surface area contributed by atoms with Crippen molar-refractivity contribution < 1.29 is 4.74 Å². The predicted molar refractivity (Wildman–Crippen MR) is 68.1 cm³/mol. The van der Waals surface area contributed by atoms with E-state index in [9.17, 15) is 0 Å². The Balaban J connectivity index is 2.36. The normalized spacial score (nSPS) is 10.2. The molecule has 0 saturated heterocycles. The van der Waals surface area contributed by atoms with Gasteiger partial charge in [-0.05, 0) is 19.1 Å². The third-order valence-electron chi connectivity index (χ3n) is 2.18. The van der Waals surface area contributed by atoms with Gasteiger partial charge >= 0.3 is 0 Å². The van der Waals surface area contributed by atoms with E-state index in [1.54, 1.807) is 30.1 Å². The van der Waals surface area contributed by atoms with E-state index >= 15 is 0 Å². The molecule has 0 saturated carbocycles. The van der Waals surface area contributed by atoms with Gasteiger partial charge in [0.25, 0.3) is 0 Å². The number of ether oxygens (including phenoxy) is 1. The van der Waals surface area contributed by atoms with E-state index in [0.717, 1.165) is 5.69 Å². The van der Waals surface area contributed by atoms with Gasteiger partial charge in [0.05, 0.1) is 5.69 Å². The minimum Gasteiger partial charge on any atom is -0.437 e. The van der Waals surface area contributed by atoms with Crippen LogP contribution in [0, 0.1) is 6.92 Å². The third-order valence-corrected chi connectivity index (χ3v) is 2.37. The fourth-order valence-electron chi connectivity index (χ4n) is 1.45. The van der Waals surface area contributed by atoms with Crippen molar-refractivity contribution in [2.45, 2.75) is 6.92 Å². The average Bonchev–Trinajstić information content (AvgIpc) is 2.58. The Morgan fingerprint density at radius 3 is 2.88 bits per heavy atom. The molecule has 0 aromatic carbocycles. The van der Waals surface area contributed by atoms with Gasteiger partial charge in [0.2, 0.25) is 5.88 Å². The number of hydrogen-bond acceptors (Lipinski definition) is 4. The summed E-state index contributed by atoms with van der Waals surface area (Å²) in [6.45, 7) is 1.89. The van der Waals surface area contributed by atoms with Crippen LogP contribution in [0.3, 0.4) is 0 Å². The van der Waals surface area contributed by atoms with Crippen LogP contribution in [0.1, 0.15) is 11.4 Å². The van der Waals surface area contributed by atoms with Crippen molar-refractivity contribution in [2.75, 3.05) is 0 Å². The van der Waals surface area contributed by atoms with Crippen LogP contribution in [0.25, 0.3) is 0 Å². The van der Waals surface area contributed by atoms with Crippen LogP contribution >= 0.6 is 12.2 Å². The van der Waals surface area contributed by atoms with Gasteiger partial charge in [-0.25, -0.2) is 9.67 Å². The molecule has 2 aromatic rings. The fraction of sp³-hybridized carbons (Fsp3) is 0.182. The number of thiocarbonyl (C=S) groups is 1. The Bertz CT molecular complexity index is 564. The molecular weight excluding hydrogens is 236 g/mol. The molecule has 88 valence electrons. The maximum Gasteiger partial charge on any atom is 0.217 e. The lowest BCUT2D eigenvalue weighted by atomic mass is 10.3. The molecule has 2 rings (SSSR count). The van der Waals surface area contributed by atoms with Crippen LogP contribution in [0.4, 0.5) is 0 Å². The number of pyridine rings is 1. The molecule has 2 N–H and O–H groups in total. The second-order valence-corrected chi connectivity index (χ2v) is 4.00. The van der Waals surface area contributed by atoms with Gasteiger partial charge in [-0.15, -0.1) is 0 Å². The van der Waals surface area contributed by atoms with Crippen LogP contribution in [0.2, 0.25) is 0 Å². The summed E-state index contributed by atoms with van der Waals surface area (Å²) in [6.07, 6.45) is 1.62. The van der Waals surface area contributed by atoms with Crippen molar-refractivity contribution in [3.63, 3.8) is 0 Å². The van der Waals surface area contributed by atoms with Crippen LogP contribution in [-0.2, 0) is 7.05 Å². The van der Waals surface area contributed by atoms with Crippen LogP contribution in [-0.4, -0.2) is 19.8 Å². The number of hydrogen-bond donors (Lipinski definition) is 1. The first kappa shape index (κ1) is 11.5. The first-order valence-electron chi connectivity index (χ1n) is 5.01. The standard InChI is InChI=1S/C11H12N4OS/c1-7-6-9(15(2)14-7)16-8-4-3-5-13-10(8)11(12)17/h3-6H,1-2H3,(H2,12,17). The predicted octanol–water partition coefficient (Wildman–Crippen LogP) is 1.55. The van der Waals surface area contributed by atoms with Gasteiger partial charge in [0, 0.05) is 19.3 Å². The van der Waals surface area contributed by atoms with Crippen molar-refractivity contribution in [3.8, 4) is 11.6 Å². The fourth-order valence-corrected chi connectivity index (χ4v) is 1.61. The molecule has 0 amide bonds. The van der Waals surface area contributed by atoms with Crippen LogP contribution in [0.15, 0.2) is 24.4 Å². The number of aromatic nitrogens is 3. The minimum atomic E-state index is 0.208. The van der Waals surface area contributed by atoms with Crippen molar-refractivity contribution >= 4 is 17.2 Å². The van der Waals surface area contributed by atoms with E-state index in [-0.39, 0.29) is 4.99 Å². The third kappa shape index (κ3) is 2.42. The first-order valence-corrected chi connectivity index (χ1v) is 5.42. The molecule has 6 heteroatoms. The smallest absolute Gasteiger partial charge is 0.217 e. The lowest BCUT2D eigenvalue weighted by Crippen LogP contribution is -2.13. The van der Waals surface area contributed by atoms with Crippen molar-refractivity contribution in [1.82, 2.24) is 14.8 Å². The molecule has 0 radical (unpaired) electrons. The Morgan fingerprint density at radius 1 is 1.53 bits per heavy atom. The maximum absolute atomic E-state index is 5.69. The van der Waals surface area contributed by atoms with Crippen molar-refractivity contribution in [2.24, 2.45) is 12.8 Å². The molecule has 0 spiro atoms. The van der Waals surface area contributed by atoms with Gasteiger partial charge in [0.15, 0.2) is 5.75 Å². The zero-order valence-corrected chi connectivity index (χ0v) is 10.4. The molecular formula is C11H12N4OS. The Kier molecular flexibility index (Phi) is 3.06. The largest absolute Gasteiger partial charge is 0.437 e. The lowest BCUT2D eigenvalue weighted by molar-refractivity contribution is 0.428. The van der Waals surface area contributed by atoms with Gasteiger partial charge in [0.1, 0.15) is 10.7 Å². The van der Waals surface area contributed by atoms with E-state index in [2.05, 4.69) is 10.1 Å². The summed E-state index contributed by atoms with van der Waals surface area (Å²) in [5, 5.41) is 4.19. The lowest BCUT2D eigenvalue weighted by Gasteiger charge is -2.08. The molecule has 0 bridgehead atoms. The van der Waals surface area contributed by atoms with Gasteiger partial charge < -0.3 is 10.5 Å². The second kappa shape index (κ2) is 4.50. The van der Waals surface area contributed by atoms with Crippen molar-refractivity contribution in [1.29, 1.82) is 0 Å². The first-order chi connectivity index (χ1) is 8.08. The van der Waals surface area contributed by atoms with Gasteiger partial charge in [-0.3, -0.25) is 0 Å². The van der Waals surface area contributed by atoms with E-state index in [4.69, 9.17) is 22.7 Å². The summed E-state index contributed by atoms with van der Waals surface area (Å²) in [5.74, 6) is 1.15. The van der Waals surface area contributed by atoms with Crippen LogP contribution < -0.4 is 10.5 Å². The number of rotatable bonds is 3. The summed E-state index contributed by atoms with van der Waals surface area (Å²) >= 11 is 4.92. The Morgan fingerprint density at radius 2 is 2.29 bits per heavy atom. The molecule has 2 heterocycles. The summed E-state index contributed by atoms with van der Waals surface area (Å²) in [7, 11) is 1.80. The molecule has 0 aliphatic heterocycles. The summed E-state index contributed by atoms with van der Waals surface area (Å²) in [5.41, 5.74) is 6.93. The Hall–Kier alpha value is -1.95. The van der Waals surface area contributed by atoms with Crippen molar-refractivity contribution in [3.05, 3.63) is 35.8 Å². The van der Waals surface area contributed by atoms with Gasteiger partial charge in [-0.1, -0.05) is 12.2 Å². The van der Waals surface area contributed by atoms with Crippen LogP contribution in [0.5, 0.6) is 11.6 Å². The highest BCUT2D eigenvalue weighted by Gasteiger charge is 2.10. The summed E-state index contributed by atoms with van der Waals surface area (Å²) < 4.78 is 7.34. The zero-order chi connectivity index (χ0) is 12.4. The average molecular weight is 248 g/mol. The molecule has 0 atom stereocenters. The molecule has 17 heavy (non-hydrogen) atoms. The molecule has 5 nitrogen and oxygen atoms in total. The highest BCUT2D eigenvalue weighted by atomic mass is 32.1. The molecule has 0 unspecified atom stereocenters. The quantitative estimate of drug-likeness (QED) is 0.835. The van der Waals surface area contributed by atoms with E-state index in [0.29, 0.717) is 17.3 Å². The molecule has 0 aliphatic carbocycles. The number of nitrogens with two attached hydrogens (primary N) is 1. The van der Waals surface area contributed by atoms with Gasteiger partial charge in [-0.2, -0.15) is 5.10 Å². The second-order valence-electron chi connectivity index (χ2n) is 3.56. The highest BCUT2D eigenvalue weighted by molar-refractivity contribution is 7.80.